The van der Waals surface area contributed by atoms with Gasteiger partial charge in [-0.15, -0.1) is 0 Å². The lowest BCUT2D eigenvalue weighted by Gasteiger charge is -2.52. The van der Waals surface area contributed by atoms with Crippen molar-refractivity contribution in [2.75, 3.05) is 33.0 Å². The minimum absolute atomic E-state index is 0.911. The zero-order chi connectivity index (χ0) is 48.4. The summed E-state index contributed by atoms with van der Waals surface area (Å²) in [5.74, 6) is -6.38. The lowest BCUT2D eigenvalue weighted by molar-refractivity contribution is -0.405. The van der Waals surface area contributed by atoms with E-state index in [4.69, 9.17) is 42.6 Å². The Labute approximate surface area is 366 Å². The van der Waals surface area contributed by atoms with Crippen LogP contribution in [0.1, 0.15) is 13.3 Å². The van der Waals surface area contributed by atoms with Gasteiger partial charge in [-0.05, 0) is 0 Å². The van der Waals surface area contributed by atoms with Gasteiger partial charge >= 0.3 is 5.97 Å². The SMILES string of the molecule is CC(=O)N[C@H]1[C@H](O[C@@H]2[C@H](O[C@]3(C(=O)O)C[C@H](O)[C@@H](O)[C@H]([C@H](O)[C@H](O)CO)O3)[C@@H](O)[C@H](O[C@H]3[C@H](O)[C@@H](O)C(O)O[C@@H]3CO)O[C@@H]2CO)O[C@H](CO)[C@H](O)[C@@H]1O[C@@H]1O[C@H](CO)[C@H](O)[C@H](O)[C@H]1O. The average Bonchev–Trinajstić information content (AvgIpc) is 3.27. The molecule has 5 saturated heterocycles. The summed E-state index contributed by atoms with van der Waals surface area (Å²) in [4.78, 5) is 25.8. The number of carbonyl (C=O) groups excluding carboxylic acids is 1. The summed E-state index contributed by atoms with van der Waals surface area (Å²) in [7, 11) is 0. The number of amides is 1. The van der Waals surface area contributed by atoms with Crippen molar-refractivity contribution in [2.45, 2.75) is 172 Å². The predicted molar refractivity (Wildman–Crippen MR) is 195 cm³/mol. The van der Waals surface area contributed by atoms with E-state index in [1.54, 1.807) is 0 Å². The third-order valence-corrected chi connectivity index (χ3v) is 11.7. The van der Waals surface area contributed by atoms with Crippen LogP contribution in [0.2, 0.25) is 0 Å². The van der Waals surface area contributed by atoms with E-state index in [-0.39, 0.29) is 0 Å². The first-order valence-electron chi connectivity index (χ1n) is 20.2. The molecule has 0 aliphatic carbocycles. The zero-order valence-corrected chi connectivity index (χ0v) is 34.2. The fraction of sp³-hybridized carbons (Fsp3) is 0.943. The number of aliphatic hydroxyl groups is 17. The van der Waals surface area contributed by atoms with Crippen LogP contribution in [0.15, 0.2) is 0 Å². The van der Waals surface area contributed by atoms with Gasteiger partial charge in [0.05, 0.1) is 39.1 Å². The fourth-order valence-electron chi connectivity index (χ4n) is 8.10. The van der Waals surface area contributed by atoms with Gasteiger partial charge in [-0.25, -0.2) is 4.79 Å². The van der Waals surface area contributed by atoms with Gasteiger partial charge in [0, 0.05) is 13.3 Å². The molecule has 19 N–H and O–H groups in total. The average molecular weight is 958 g/mol. The molecule has 378 valence electrons. The van der Waals surface area contributed by atoms with Crippen molar-refractivity contribution in [3.8, 4) is 0 Å². The van der Waals surface area contributed by atoms with Crippen LogP contribution in [-0.2, 0) is 52.2 Å². The summed E-state index contributed by atoms with van der Waals surface area (Å²) in [6, 6.07) is -1.85. The van der Waals surface area contributed by atoms with Gasteiger partial charge in [-0.2, -0.15) is 0 Å². The molecule has 26 atom stereocenters. The van der Waals surface area contributed by atoms with Crippen molar-refractivity contribution in [3.05, 3.63) is 0 Å². The van der Waals surface area contributed by atoms with Gasteiger partial charge in [0.1, 0.15) is 122 Å². The largest absolute Gasteiger partial charge is 0.477 e. The molecule has 1 unspecified atom stereocenters. The van der Waals surface area contributed by atoms with Gasteiger partial charge in [0.2, 0.25) is 5.91 Å². The van der Waals surface area contributed by atoms with Gasteiger partial charge in [-0.1, -0.05) is 0 Å². The number of hydrogen-bond acceptors (Lipinski definition) is 28. The topological polar surface area (TPSA) is 493 Å². The summed E-state index contributed by atoms with van der Waals surface area (Å²) in [6.07, 6.45) is -50.8. The van der Waals surface area contributed by atoms with Crippen LogP contribution >= 0.6 is 0 Å². The van der Waals surface area contributed by atoms with Crippen molar-refractivity contribution >= 4 is 11.9 Å². The van der Waals surface area contributed by atoms with Crippen LogP contribution in [0, 0.1) is 0 Å². The number of carboxylic acids is 1. The van der Waals surface area contributed by atoms with Gasteiger partial charge in [0.15, 0.2) is 25.2 Å². The molecule has 5 rings (SSSR count). The zero-order valence-electron chi connectivity index (χ0n) is 34.2. The smallest absolute Gasteiger partial charge is 0.364 e. The lowest BCUT2D eigenvalue weighted by atomic mass is 9.90. The molecular weight excluding hydrogens is 898 g/mol. The van der Waals surface area contributed by atoms with Crippen LogP contribution in [0.4, 0.5) is 0 Å². The summed E-state index contributed by atoms with van der Waals surface area (Å²) < 4.78 is 51.1. The van der Waals surface area contributed by atoms with E-state index in [1.807, 2.05) is 0 Å². The molecular formula is C35H59NO29. The third-order valence-electron chi connectivity index (χ3n) is 11.7. The molecule has 5 fully saturated rings. The highest BCUT2D eigenvalue weighted by Gasteiger charge is 2.61. The maximum atomic E-state index is 13.2. The molecule has 1 amide bonds. The Bertz CT molecular complexity index is 1530. The standard InChI is InChI=1S/C35H59NO29/c1-8(42)36-15-27(63-32-23(52)20(49)18(47)11(4-38)59-32)19(48)12(5-39)58-31(15)62-26-14(7-41)60-33(61-25-13(6-40)57-30(54)22(51)21(25)50)24(53)29(26)65-35(34(55)56)2-9(43)16(45)28(64-35)17(46)10(44)3-37/h9-33,37-41,43-54H,2-7H2,1H3,(H,36,42)(H,55,56)/t9-,10+,11+,12+,13+,14+,15+,16+,17+,18-,19-,20-,21+,22+,23+,24+,25+,26-,27+,28+,29+,30?,31-,32-,33-,35-/m0/s1. The number of aliphatic hydroxyl groups excluding tert-OH is 17. The molecule has 0 saturated carbocycles. The maximum Gasteiger partial charge on any atom is 0.364 e. The van der Waals surface area contributed by atoms with E-state index in [0.717, 1.165) is 6.92 Å². The highest BCUT2D eigenvalue weighted by molar-refractivity contribution is 5.76. The van der Waals surface area contributed by atoms with E-state index in [0.29, 0.717) is 0 Å². The monoisotopic (exact) mass is 957 g/mol. The van der Waals surface area contributed by atoms with Gasteiger partial charge in [-0.3, -0.25) is 4.79 Å². The summed E-state index contributed by atoms with van der Waals surface area (Å²) in [5, 5.41) is 191. The van der Waals surface area contributed by atoms with E-state index in [2.05, 4.69) is 5.32 Å². The maximum absolute atomic E-state index is 13.2. The lowest BCUT2D eigenvalue weighted by Crippen LogP contribution is -2.71. The van der Waals surface area contributed by atoms with E-state index < -0.39 is 210 Å². The molecule has 0 radical (unpaired) electrons. The normalized spacial score (nSPS) is 48.3. The molecule has 0 aromatic heterocycles. The summed E-state index contributed by atoms with van der Waals surface area (Å²) in [6.45, 7) is -4.42. The number of carbonyl (C=O) groups is 2. The molecule has 30 heteroatoms. The number of aliphatic carboxylic acids is 1. The Hall–Kier alpha value is -2.10. The molecule has 0 aromatic carbocycles. The van der Waals surface area contributed by atoms with Crippen LogP contribution in [0.5, 0.6) is 0 Å². The highest BCUT2D eigenvalue weighted by atomic mass is 16.8. The molecule has 0 bridgehead atoms. The quantitative estimate of drug-likeness (QED) is 0.0643. The van der Waals surface area contributed by atoms with Gasteiger partial charge in [0.25, 0.3) is 5.79 Å². The second-order valence-corrected chi connectivity index (χ2v) is 16.1. The molecule has 0 aromatic rings. The van der Waals surface area contributed by atoms with Crippen molar-refractivity contribution in [1.29, 1.82) is 0 Å². The molecule has 0 spiro atoms. The first-order chi connectivity index (χ1) is 30.6. The van der Waals surface area contributed by atoms with Crippen molar-refractivity contribution in [2.24, 2.45) is 0 Å². The highest BCUT2D eigenvalue weighted by Crippen LogP contribution is 2.40. The Balaban J connectivity index is 1.58. The first kappa shape index (κ1) is 53.8. The molecule has 5 aliphatic heterocycles. The fourth-order valence-corrected chi connectivity index (χ4v) is 8.10. The Morgan fingerprint density at radius 1 is 0.600 bits per heavy atom. The van der Waals surface area contributed by atoms with Crippen LogP contribution in [-0.4, -0.2) is 296 Å². The summed E-state index contributed by atoms with van der Waals surface area (Å²) in [5.41, 5.74) is 0. The van der Waals surface area contributed by atoms with Crippen LogP contribution in [0.25, 0.3) is 0 Å². The van der Waals surface area contributed by atoms with Crippen molar-refractivity contribution in [1.82, 2.24) is 5.32 Å². The predicted octanol–water partition coefficient (Wildman–Crippen LogP) is -12.6. The minimum Gasteiger partial charge on any atom is -0.477 e. The molecule has 65 heavy (non-hydrogen) atoms. The number of carboxylic acid groups (broad SMARTS) is 1. The Morgan fingerprint density at radius 3 is 1.69 bits per heavy atom. The van der Waals surface area contributed by atoms with E-state index >= 15 is 0 Å². The molecule has 30 nitrogen and oxygen atoms in total. The Morgan fingerprint density at radius 2 is 1.12 bits per heavy atom. The second-order valence-electron chi connectivity index (χ2n) is 16.1. The van der Waals surface area contributed by atoms with Crippen molar-refractivity contribution < 1.29 is 144 Å². The van der Waals surface area contributed by atoms with E-state index in [9.17, 15) is 102 Å². The number of ether oxygens (including phenoxy) is 9. The van der Waals surface area contributed by atoms with Crippen LogP contribution < -0.4 is 5.32 Å². The number of nitrogens with one attached hydrogen (secondary N) is 1. The first-order valence-corrected chi connectivity index (χ1v) is 20.2. The summed E-state index contributed by atoms with van der Waals surface area (Å²) >= 11 is 0. The van der Waals surface area contributed by atoms with Gasteiger partial charge < -0.3 is 140 Å². The number of hydrogen-bond donors (Lipinski definition) is 19. The second kappa shape index (κ2) is 22.5. The van der Waals surface area contributed by atoms with Crippen LogP contribution in [0.3, 0.4) is 0 Å². The molecule has 5 heterocycles. The minimum atomic E-state index is -3.32. The van der Waals surface area contributed by atoms with Crippen molar-refractivity contribution in [3.63, 3.8) is 0 Å². The number of rotatable bonds is 17. The Kier molecular flexibility index (Phi) is 18.7. The third kappa shape index (κ3) is 11.2. The van der Waals surface area contributed by atoms with E-state index in [1.165, 1.54) is 0 Å². The molecule has 5 aliphatic rings.